The van der Waals surface area contributed by atoms with Gasteiger partial charge in [0.2, 0.25) is 11.2 Å². The van der Waals surface area contributed by atoms with E-state index in [2.05, 4.69) is 0 Å². The van der Waals surface area contributed by atoms with Crippen LogP contribution in [-0.2, 0) is 6.42 Å². The van der Waals surface area contributed by atoms with Crippen LogP contribution in [-0.4, -0.2) is 22.2 Å². The molecule has 1 atom stereocenters. The first kappa shape index (κ1) is 17.0. The molecule has 1 aliphatic rings. The summed E-state index contributed by atoms with van der Waals surface area (Å²) in [5.74, 6) is -4.63. The Balaban J connectivity index is 2.04. The zero-order valence-electron chi connectivity index (χ0n) is 13.9. The van der Waals surface area contributed by atoms with Gasteiger partial charge in [0, 0.05) is 6.20 Å². The van der Waals surface area contributed by atoms with Crippen LogP contribution in [0.2, 0.25) is 0 Å². The molecule has 1 aliphatic heterocycles. The second kappa shape index (κ2) is 6.08. The number of hydrogen-bond acceptors (Lipinski definition) is 4. The molecule has 1 unspecified atom stereocenters. The SMILES string of the molecule is Nc1c(F)c(F)c2c3c1c(=O)c(C(=O)O)cn3C(Cc1ccccc1)CO2. The molecule has 0 bridgehead atoms. The van der Waals surface area contributed by atoms with Gasteiger partial charge in [0.1, 0.15) is 17.7 Å². The molecule has 6 nitrogen and oxygen atoms in total. The first-order valence-corrected chi connectivity index (χ1v) is 8.15. The number of rotatable bonds is 3. The quantitative estimate of drug-likeness (QED) is 0.690. The van der Waals surface area contributed by atoms with E-state index in [-0.39, 0.29) is 17.5 Å². The Kier molecular flexibility index (Phi) is 3.83. The Morgan fingerprint density at radius 1 is 1.26 bits per heavy atom. The van der Waals surface area contributed by atoms with E-state index < -0.39 is 46.1 Å². The number of ether oxygens (including phenoxy) is 1. The van der Waals surface area contributed by atoms with Gasteiger partial charge in [-0.2, -0.15) is 4.39 Å². The zero-order valence-corrected chi connectivity index (χ0v) is 13.9. The molecule has 0 radical (unpaired) electrons. The van der Waals surface area contributed by atoms with E-state index >= 15 is 0 Å². The van der Waals surface area contributed by atoms with Crippen LogP contribution in [0, 0.1) is 11.6 Å². The fourth-order valence-corrected chi connectivity index (χ4v) is 3.42. The first-order valence-electron chi connectivity index (χ1n) is 8.15. The van der Waals surface area contributed by atoms with Crippen molar-refractivity contribution in [3.63, 3.8) is 0 Å². The van der Waals surface area contributed by atoms with E-state index in [0.29, 0.717) is 6.42 Å². The Bertz CT molecular complexity index is 1140. The Labute approximate surface area is 151 Å². The molecule has 138 valence electrons. The van der Waals surface area contributed by atoms with Crippen LogP contribution >= 0.6 is 0 Å². The highest BCUT2D eigenvalue weighted by atomic mass is 19.2. The van der Waals surface area contributed by atoms with Gasteiger partial charge in [-0.3, -0.25) is 4.79 Å². The van der Waals surface area contributed by atoms with Gasteiger partial charge in [0.25, 0.3) is 0 Å². The maximum Gasteiger partial charge on any atom is 0.341 e. The summed E-state index contributed by atoms with van der Waals surface area (Å²) in [5.41, 5.74) is 4.27. The molecule has 8 heteroatoms. The maximum absolute atomic E-state index is 14.3. The van der Waals surface area contributed by atoms with Crippen molar-refractivity contribution < 1.29 is 23.4 Å². The standard InChI is InChI=1S/C19H14F2N2O4/c20-13-14(21)18-16-12(15(13)22)17(24)11(19(25)26)7-23(16)10(8-27-18)6-9-4-2-1-3-5-9/h1-5,7,10H,6,8,22H2,(H,25,26). The van der Waals surface area contributed by atoms with Crippen LogP contribution in [0.3, 0.4) is 0 Å². The summed E-state index contributed by atoms with van der Waals surface area (Å²) in [4.78, 5) is 24.1. The van der Waals surface area contributed by atoms with Crippen LogP contribution in [0.5, 0.6) is 5.75 Å². The van der Waals surface area contributed by atoms with Crippen LogP contribution in [0.15, 0.2) is 41.3 Å². The molecule has 27 heavy (non-hydrogen) atoms. The lowest BCUT2D eigenvalue weighted by molar-refractivity contribution is 0.0694. The minimum Gasteiger partial charge on any atom is -0.486 e. The number of nitrogens with zero attached hydrogens (tertiary/aromatic N) is 1. The van der Waals surface area contributed by atoms with Gasteiger partial charge in [0.05, 0.1) is 17.1 Å². The maximum atomic E-state index is 14.3. The van der Waals surface area contributed by atoms with E-state index in [1.54, 1.807) is 0 Å². The first-order chi connectivity index (χ1) is 12.9. The van der Waals surface area contributed by atoms with Gasteiger partial charge in [-0.1, -0.05) is 30.3 Å². The average molecular weight is 372 g/mol. The minimum absolute atomic E-state index is 0.0147. The smallest absolute Gasteiger partial charge is 0.341 e. The Morgan fingerprint density at radius 3 is 2.63 bits per heavy atom. The summed E-state index contributed by atoms with van der Waals surface area (Å²) in [5, 5.41) is 8.98. The lowest BCUT2D eigenvalue weighted by atomic mass is 10.0. The largest absolute Gasteiger partial charge is 0.486 e. The summed E-state index contributed by atoms with van der Waals surface area (Å²) in [6.45, 7) is -0.0147. The predicted octanol–water partition coefficient (Wildman–Crippen LogP) is 2.74. The van der Waals surface area contributed by atoms with E-state index in [1.807, 2.05) is 30.3 Å². The molecule has 4 rings (SSSR count). The molecule has 1 aromatic heterocycles. The number of pyridine rings is 1. The van der Waals surface area contributed by atoms with E-state index in [4.69, 9.17) is 10.5 Å². The average Bonchev–Trinajstić information content (AvgIpc) is 2.66. The highest BCUT2D eigenvalue weighted by Gasteiger charge is 2.32. The number of carboxylic acid groups (broad SMARTS) is 1. The van der Waals surface area contributed by atoms with Gasteiger partial charge in [-0.15, -0.1) is 0 Å². The lowest BCUT2D eigenvalue weighted by Gasteiger charge is -2.30. The van der Waals surface area contributed by atoms with Crippen LogP contribution < -0.4 is 15.9 Å². The number of carbonyl (C=O) groups is 1. The fourth-order valence-electron chi connectivity index (χ4n) is 3.42. The van der Waals surface area contributed by atoms with Gasteiger partial charge >= 0.3 is 5.97 Å². The third-order valence-electron chi connectivity index (χ3n) is 4.71. The van der Waals surface area contributed by atoms with Crippen molar-refractivity contribution in [2.75, 3.05) is 12.3 Å². The fraction of sp³-hybridized carbons (Fsp3) is 0.158. The van der Waals surface area contributed by atoms with Gasteiger partial charge in [-0.05, 0) is 12.0 Å². The summed E-state index contributed by atoms with van der Waals surface area (Å²) in [6.07, 6.45) is 1.58. The number of benzene rings is 2. The highest BCUT2D eigenvalue weighted by molar-refractivity contribution is 6.00. The molecule has 0 amide bonds. The van der Waals surface area contributed by atoms with Crippen molar-refractivity contribution in [3.05, 3.63) is 69.5 Å². The topological polar surface area (TPSA) is 94.5 Å². The Morgan fingerprint density at radius 2 is 1.96 bits per heavy atom. The monoisotopic (exact) mass is 372 g/mol. The number of hydrogen-bond donors (Lipinski definition) is 2. The normalized spacial score (nSPS) is 15.6. The van der Waals surface area contributed by atoms with Crippen molar-refractivity contribution >= 4 is 22.6 Å². The summed E-state index contributed by atoms with van der Waals surface area (Å²) in [6, 6.07) is 8.90. The summed E-state index contributed by atoms with van der Waals surface area (Å²) >= 11 is 0. The molecular weight excluding hydrogens is 358 g/mol. The molecule has 2 heterocycles. The molecule has 3 aromatic rings. The van der Waals surface area contributed by atoms with Crippen molar-refractivity contribution in [1.29, 1.82) is 0 Å². The molecule has 0 fully saturated rings. The number of nitrogens with two attached hydrogens (primary N) is 1. The lowest BCUT2D eigenvalue weighted by Crippen LogP contribution is -2.30. The number of nitrogen functional groups attached to an aromatic ring is 1. The third-order valence-corrected chi connectivity index (χ3v) is 4.71. The second-order valence-corrected chi connectivity index (χ2v) is 6.33. The number of aromatic carboxylic acids is 1. The van der Waals surface area contributed by atoms with Gasteiger partial charge in [0.15, 0.2) is 11.6 Å². The van der Waals surface area contributed by atoms with Gasteiger partial charge in [-0.25, -0.2) is 9.18 Å². The number of aromatic nitrogens is 1. The molecule has 0 saturated carbocycles. The van der Waals surface area contributed by atoms with E-state index in [0.717, 1.165) is 11.8 Å². The van der Waals surface area contributed by atoms with Crippen molar-refractivity contribution in [2.45, 2.75) is 12.5 Å². The van der Waals surface area contributed by atoms with Crippen molar-refractivity contribution in [1.82, 2.24) is 4.57 Å². The molecule has 0 saturated heterocycles. The second-order valence-electron chi connectivity index (χ2n) is 6.33. The highest BCUT2D eigenvalue weighted by Crippen LogP contribution is 2.39. The van der Waals surface area contributed by atoms with Crippen LogP contribution in [0.1, 0.15) is 22.0 Å². The number of anilines is 1. The zero-order chi connectivity index (χ0) is 19.3. The minimum atomic E-state index is -1.47. The predicted molar refractivity (Wildman–Crippen MR) is 94.2 cm³/mol. The van der Waals surface area contributed by atoms with Crippen molar-refractivity contribution in [3.8, 4) is 5.75 Å². The molecular formula is C19H14F2N2O4. The number of halogens is 2. The van der Waals surface area contributed by atoms with Crippen LogP contribution in [0.4, 0.5) is 14.5 Å². The summed E-state index contributed by atoms with van der Waals surface area (Å²) < 4.78 is 35.4. The Hall–Kier alpha value is -3.42. The summed E-state index contributed by atoms with van der Waals surface area (Å²) in [7, 11) is 0. The molecule has 3 N–H and O–H groups in total. The molecule has 0 spiro atoms. The van der Waals surface area contributed by atoms with E-state index in [9.17, 15) is 23.5 Å². The molecule has 0 aliphatic carbocycles. The number of carboxylic acids is 1. The van der Waals surface area contributed by atoms with Crippen molar-refractivity contribution in [2.24, 2.45) is 0 Å². The third kappa shape index (κ3) is 2.52. The van der Waals surface area contributed by atoms with E-state index in [1.165, 1.54) is 4.57 Å². The van der Waals surface area contributed by atoms with Gasteiger partial charge < -0.3 is 20.1 Å². The molecule has 2 aromatic carbocycles. The van der Waals surface area contributed by atoms with Crippen LogP contribution in [0.25, 0.3) is 10.9 Å².